The van der Waals surface area contributed by atoms with Gasteiger partial charge in [-0.3, -0.25) is 4.79 Å². The average Bonchev–Trinajstić information content (AvgIpc) is 3.40. The molecule has 0 aliphatic carbocycles. The molecular weight excluding hydrogens is 394 g/mol. The van der Waals surface area contributed by atoms with Gasteiger partial charge < -0.3 is 14.6 Å². The molecule has 4 rings (SSSR count). The van der Waals surface area contributed by atoms with Crippen LogP contribution < -0.4 is 10.1 Å². The van der Waals surface area contributed by atoms with Crippen LogP contribution in [-0.4, -0.2) is 22.1 Å². The molecule has 0 fully saturated rings. The number of aryl methyl sites for hydroxylation is 1. The fourth-order valence-electron chi connectivity index (χ4n) is 3.15. The molecular formula is C24H23N3O2S. The molecule has 0 saturated carbocycles. The largest absolute Gasteiger partial charge is 0.494 e. The monoisotopic (exact) mass is 417 g/mol. The minimum absolute atomic E-state index is 0.0908. The molecule has 1 amide bonds. The van der Waals surface area contributed by atoms with Crippen molar-refractivity contribution < 1.29 is 9.53 Å². The number of nitrogens with zero attached hydrogens (tertiary/aromatic N) is 2. The number of aromatic nitrogens is 2. The number of nitrogens with one attached hydrogen (secondary N) is 1. The highest BCUT2D eigenvalue weighted by molar-refractivity contribution is 7.13. The minimum Gasteiger partial charge on any atom is -0.494 e. The Morgan fingerprint density at radius 2 is 1.87 bits per heavy atom. The number of carbonyl (C=O) groups excluding carboxylic acids is 1. The molecule has 152 valence electrons. The number of hydrogen-bond acceptors (Lipinski definition) is 4. The second-order valence-corrected chi connectivity index (χ2v) is 7.79. The van der Waals surface area contributed by atoms with Crippen LogP contribution in [0.4, 0.5) is 5.69 Å². The van der Waals surface area contributed by atoms with Gasteiger partial charge in [0.25, 0.3) is 0 Å². The smallest absolute Gasteiger partial charge is 0.244 e. The van der Waals surface area contributed by atoms with Crippen LogP contribution >= 0.6 is 11.3 Å². The lowest BCUT2D eigenvalue weighted by molar-refractivity contribution is -0.116. The van der Waals surface area contributed by atoms with Gasteiger partial charge >= 0.3 is 0 Å². The van der Waals surface area contributed by atoms with Crippen LogP contribution in [0.25, 0.3) is 22.0 Å². The van der Waals surface area contributed by atoms with Gasteiger partial charge in [0.15, 0.2) is 0 Å². The highest BCUT2D eigenvalue weighted by atomic mass is 32.1. The van der Waals surface area contributed by atoms with Crippen LogP contribution in [0.15, 0.2) is 72.2 Å². The lowest BCUT2D eigenvalue weighted by Gasteiger charge is -2.09. The van der Waals surface area contributed by atoms with Crippen LogP contribution in [0.2, 0.25) is 0 Å². The van der Waals surface area contributed by atoms with E-state index < -0.39 is 0 Å². The highest BCUT2D eigenvalue weighted by Gasteiger charge is 2.13. The van der Waals surface area contributed by atoms with Crippen LogP contribution in [0.5, 0.6) is 5.75 Å². The van der Waals surface area contributed by atoms with Gasteiger partial charge in [-0.05, 0) is 50.2 Å². The molecule has 4 aromatic rings. The molecule has 2 aromatic heterocycles. The molecule has 0 bridgehead atoms. The Morgan fingerprint density at radius 3 is 2.60 bits per heavy atom. The number of anilines is 1. The fraction of sp³-hybridized carbons (Fsp3) is 0.167. The summed E-state index contributed by atoms with van der Waals surface area (Å²) < 4.78 is 7.35. The van der Waals surface area contributed by atoms with E-state index >= 15 is 0 Å². The second kappa shape index (κ2) is 8.97. The maximum Gasteiger partial charge on any atom is 0.244 e. The molecule has 0 aliphatic heterocycles. The van der Waals surface area contributed by atoms with Gasteiger partial charge in [-0.2, -0.15) is 0 Å². The fourth-order valence-corrected chi connectivity index (χ4v) is 4.02. The molecule has 2 heterocycles. The number of hydrogen-bond donors (Lipinski definition) is 1. The lowest BCUT2D eigenvalue weighted by Crippen LogP contribution is -2.18. The molecule has 2 aromatic carbocycles. The molecule has 30 heavy (non-hydrogen) atoms. The number of ether oxygens (including phenoxy) is 1. The summed E-state index contributed by atoms with van der Waals surface area (Å²) in [4.78, 5) is 17.3. The van der Waals surface area contributed by atoms with Crippen LogP contribution in [0.1, 0.15) is 12.5 Å². The van der Waals surface area contributed by atoms with Crippen LogP contribution in [0, 0.1) is 6.92 Å². The van der Waals surface area contributed by atoms with E-state index in [9.17, 15) is 4.79 Å². The number of thiazole rings is 1. The van der Waals surface area contributed by atoms with Crippen molar-refractivity contribution in [1.29, 1.82) is 0 Å². The van der Waals surface area contributed by atoms with Gasteiger partial charge in [-0.25, -0.2) is 4.98 Å². The van der Waals surface area contributed by atoms with Crippen molar-refractivity contribution in [2.45, 2.75) is 20.4 Å². The normalized spacial score (nSPS) is 10.7. The Kier molecular flexibility index (Phi) is 5.95. The molecule has 6 heteroatoms. The van der Waals surface area contributed by atoms with E-state index in [1.54, 1.807) is 11.3 Å². The quantitative estimate of drug-likeness (QED) is 0.424. The van der Waals surface area contributed by atoms with Gasteiger partial charge in [0, 0.05) is 22.8 Å². The number of rotatable bonds is 7. The summed E-state index contributed by atoms with van der Waals surface area (Å²) in [6, 6.07) is 19.6. The third-order valence-corrected chi connectivity index (χ3v) is 5.53. The summed E-state index contributed by atoms with van der Waals surface area (Å²) in [6.45, 7) is 4.84. The van der Waals surface area contributed by atoms with E-state index in [0.29, 0.717) is 6.61 Å². The van der Waals surface area contributed by atoms with E-state index in [1.165, 1.54) is 5.56 Å². The second-order valence-electron chi connectivity index (χ2n) is 6.93. The summed E-state index contributed by atoms with van der Waals surface area (Å²) >= 11 is 1.58. The van der Waals surface area contributed by atoms with Crippen molar-refractivity contribution in [1.82, 2.24) is 9.55 Å². The Labute approximate surface area is 180 Å². The third-order valence-electron chi connectivity index (χ3n) is 4.66. The summed E-state index contributed by atoms with van der Waals surface area (Å²) in [7, 11) is 0. The lowest BCUT2D eigenvalue weighted by atomic mass is 10.1. The number of benzene rings is 2. The Balaban J connectivity index is 1.45. The van der Waals surface area contributed by atoms with Crippen LogP contribution in [0.3, 0.4) is 0 Å². The molecule has 0 atom stereocenters. The van der Waals surface area contributed by atoms with Crippen molar-refractivity contribution >= 4 is 22.9 Å². The Hall–Kier alpha value is -3.38. The maximum absolute atomic E-state index is 12.6. The summed E-state index contributed by atoms with van der Waals surface area (Å²) in [5.74, 6) is 0.697. The van der Waals surface area contributed by atoms with E-state index in [0.717, 1.165) is 33.4 Å². The average molecular weight is 418 g/mol. The van der Waals surface area contributed by atoms with Gasteiger partial charge in [-0.15, -0.1) is 11.3 Å². The van der Waals surface area contributed by atoms with Gasteiger partial charge in [-0.1, -0.05) is 29.8 Å². The zero-order valence-corrected chi connectivity index (χ0v) is 17.8. The number of amides is 1. The van der Waals surface area contributed by atoms with Crippen molar-refractivity contribution in [3.05, 3.63) is 77.8 Å². The molecule has 0 saturated heterocycles. The summed E-state index contributed by atoms with van der Waals surface area (Å²) in [5, 5.41) is 5.88. The first-order valence-corrected chi connectivity index (χ1v) is 10.7. The maximum atomic E-state index is 12.6. The molecule has 0 radical (unpaired) electrons. The van der Waals surface area contributed by atoms with Crippen molar-refractivity contribution in [3.8, 4) is 27.7 Å². The van der Waals surface area contributed by atoms with E-state index in [-0.39, 0.29) is 12.5 Å². The Bertz CT molecular complexity index is 1130. The van der Waals surface area contributed by atoms with Crippen LogP contribution in [-0.2, 0) is 11.3 Å². The van der Waals surface area contributed by atoms with Gasteiger partial charge in [0.05, 0.1) is 18.0 Å². The number of carbonyl (C=O) groups is 1. The topological polar surface area (TPSA) is 56.1 Å². The SMILES string of the molecule is CCOc1ccc(NC(=O)Cn2cccc2-c2nc(-c3ccc(C)cc3)cs2)cc1. The summed E-state index contributed by atoms with van der Waals surface area (Å²) in [5.41, 5.74) is 4.94. The minimum atomic E-state index is -0.0908. The Morgan fingerprint density at radius 1 is 1.10 bits per heavy atom. The van der Waals surface area contributed by atoms with Gasteiger partial charge in [0.1, 0.15) is 17.3 Å². The van der Waals surface area contributed by atoms with Crippen molar-refractivity contribution in [3.63, 3.8) is 0 Å². The zero-order valence-electron chi connectivity index (χ0n) is 17.0. The van der Waals surface area contributed by atoms with E-state index in [1.807, 2.05) is 54.1 Å². The predicted molar refractivity (Wildman–Crippen MR) is 122 cm³/mol. The predicted octanol–water partition coefficient (Wildman–Crippen LogP) is 5.62. The van der Waals surface area contributed by atoms with Gasteiger partial charge in [0.2, 0.25) is 5.91 Å². The molecule has 0 spiro atoms. The zero-order chi connectivity index (χ0) is 20.9. The first-order valence-electron chi connectivity index (χ1n) is 9.83. The molecule has 1 N–H and O–H groups in total. The van der Waals surface area contributed by atoms with Crippen molar-refractivity contribution in [2.75, 3.05) is 11.9 Å². The molecule has 5 nitrogen and oxygen atoms in total. The summed E-state index contributed by atoms with van der Waals surface area (Å²) in [6.07, 6.45) is 1.90. The standard InChI is InChI=1S/C24H23N3O2S/c1-3-29-20-12-10-19(11-13-20)25-23(28)15-27-14-4-5-22(27)24-26-21(16-30-24)18-8-6-17(2)7-9-18/h4-14,16H,3,15H2,1-2H3,(H,25,28). The first-order chi connectivity index (χ1) is 14.6. The van der Waals surface area contributed by atoms with E-state index in [4.69, 9.17) is 9.72 Å². The van der Waals surface area contributed by atoms with Crippen molar-refractivity contribution in [2.24, 2.45) is 0 Å². The van der Waals surface area contributed by atoms with E-state index in [2.05, 4.69) is 41.9 Å². The molecule has 0 unspecified atom stereocenters. The first kappa shape index (κ1) is 19.9. The third kappa shape index (κ3) is 4.60. The molecule has 0 aliphatic rings. The highest BCUT2D eigenvalue weighted by Crippen LogP contribution is 2.29.